The van der Waals surface area contributed by atoms with Crippen molar-refractivity contribution in [2.75, 3.05) is 18.4 Å². The predicted molar refractivity (Wildman–Crippen MR) is 90.5 cm³/mol. The van der Waals surface area contributed by atoms with E-state index in [1.165, 1.54) is 0 Å². The standard InChI is InChI=1S/C17H23N5O2/c1-12-11-14(3-6-18-12)20-17(24)22-8-4-13(5-9-22)15(23)16-19-7-10-21(16)2/h3,6-7,10-11,13,15,23H,4-5,8-9H2,1-2H3,(H,18,20,24). The lowest BCUT2D eigenvalue weighted by Crippen LogP contribution is -2.42. The second-order valence-corrected chi connectivity index (χ2v) is 6.28. The largest absolute Gasteiger partial charge is 0.385 e. The molecule has 1 saturated heterocycles. The molecule has 24 heavy (non-hydrogen) atoms. The fourth-order valence-corrected chi connectivity index (χ4v) is 3.12. The van der Waals surface area contributed by atoms with Crippen molar-refractivity contribution in [3.63, 3.8) is 0 Å². The summed E-state index contributed by atoms with van der Waals surface area (Å²) in [7, 11) is 1.88. The molecular weight excluding hydrogens is 306 g/mol. The number of aliphatic hydroxyl groups excluding tert-OH is 1. The third-order valence-corrected chi connectivity index (χ3v) is 4.54. The highest BCUT2D eigenvalue weighted by atomic mass is 16.3. The minimum atomic E-state index is -0.585. The molecule has 0 aromatic carbocycles. The molecule has 7 heteroatoms. The molecule has 2 aromatic rings. The summed E-state index contributed by atoms with van der Waals surface area (Å²) in [5, 5.41) is 13.4. The van der Waals surface area contributed by atoms with Crippen LogP contribution in [0.15, 0.2) is 30.7 Å². The molecule has 1 fully saturated rings. The van der Waals surface area contributed by atoms with Gasteiger partial charge in [-0.3, -0.25) is 4.98 Å². The Bertz CT molecular complexity index is 707. The van der Waals surface area contributed by atoms with Crippen molar-refractivity contribution in [3.8, 4) is 0 Å². The number of nitrogens with zero attached hydrogens (tertiary/aromatic N) is 4. The first-order valence-electron chi connectivity index (χ1n) is 8.18. The molecule has 3 rings (SSSR count). The minimum absolute atomic E-state index is 0.106. The van der Waals surface area contributed by atoms with Gasteiger partial charge in [-0.25, -0.2) is 9.78 Å². The molecule has 0 radical (unpaired) electrons. The Kier molecular flexibility index (Phi) is 4.80. The molecule has 1 aliphatic rings. The number of hydrogen-bond acceptors (Lipinski definition) is 4. The van der Waals surface area contributed by atoms with Crippen molar-refractivity contribution in [1.82, 2.24) is 19.4 Å². The Morgan fingerprint density at radius 1 is 1.33 bits per heavy atom. The van der Waals surface area contributed by atoms with Gasteiger partial charge in [0.1, 0.15) is 11.9 Å². The molecule has 128 valence electrons. The van der Waals surface area contributed by atoms with E-state index in [2.05, 4.69) is 15.3 Å². The molecule has 0 saturated carbocycles. The van der Waals surface area contributed by atoms with Gasteiger partial charge in [-0.15, -0.1) is 0 Å². The number of rotatable bonds is 3. The van der Waals surface area contributed by atoms with Crippen LogP contribution < -0.4 is 5.32 Å². The lowest BCUT2D eigenvalue weighted by molar-refractivity contribution is 0.0600. The minimum Gasteiger partial charge on any atom is -0.385 e. The maximum atomic E-state index is 12.4. The average molecular weight is 329 g/mol. The number of urea groups is 1. The third kappa shape index (κ3) is 3.56. The summed E-state index contributed by atoms with van der Waals surface area (Å²) in [5.41, 5.74) is 1.62. The van der Waals surface area contributed by atoms with Gasteiger partial charge in [0, 0.05) is 50.1 Å². The number of piperidine rings is 1. The predicted octanol–water partition coefficient (Wildman–Crippen LogP) is 2.10. The number of likely N-dealkylation sites (tertiary alicyclic amines) is 1. The monoisotopic (exact) mass is 329 g/mol. The fourth-order valence-electron chi connectivity index (χ4n) is 3.12. The van der Waals surface area contributed by atoms with Crippen molar-refractivity contribution >= 4 is 11.7 Å². The number of anilines is 1. The average Bonchev–Trinajstić information content (AvgIpc) is 3.00. The molecule has 0 bridgehead atoms. The molecule has 3 heterocycles. The smallest absolute Gasteiger partial charge is 0.321 e. The summed E-state index contributed by atoms with van der Waals surface area (Å²) in [4.78, 5) is 22.5. The maximum Gasteiger partial charge on any atom is 0.321 e. The van der Waals surface area contributed by atoms with E-state index in [0.717, 1.165) is 24.2 Å². The van der Waals surface area contributed by atoms with E-state index < -0.39 is 6.10 Å². The number of aromatic nitrogens is 3. The number of aryl methyl sites for hydroxylation is 2. The molecule has 1 atom stereocenters. The third-order valence-electron chi connectivity index (χ3n) is 4.54. The number of carbonyl (C=O) groups excluding carboxylic acids is 1. The molecule has 2 amide bonds. The number of aliphatic hydroxyl groups is 1. The lowest BCUT2D eigenvalue weighted by Gasteiger charge is -2.34. The molecule has 0 spiro atoms. The Balaban J connectivity index is 1.55. The Morgan fingerprint density at radius 2 is 2.08 bits per heavy atom. The molecule has 2 aromatic heterocycles. The number of imidazole rings is 1. The van der Waals surface area contributed by atoms with Gasteiger partial charge in [0.25, 0.3) is 0 Å². The first-order chi connectivity index (χ1) is 11.5. The van der Waals surface area contributed by atoms with Gasteiger partial charge in [-0.1, -0.05) is 0 Å². The summed E-state index contributed by atoms with van der Waals surface area (Å²) in [6.45, 7) is 3.14. The van der Waals surface area contributed by atoms with Crippen LogP contribution in [0.5, 0.6) is 0 Å². The molecule has 1 aliphatic heterocycles. The number of nitrogens with one attached hydrogen (secondary N) is 1. The summed E-state index contributed by atoms with van der Waals surface area (Å²) in [6, 6.07) is 3.52. The van der Waals surface area contributed by atoms with Crippen LogP contribution in [-0.2, 0) is 7.05 Å². The topological polar surface area (TPSA) is 83.3 Å². The zero-order valence-electron chi connectivity index (χ0n) is 14.0. The summed E-state index contributed by atoms with van der Waals surface area (Å²) in [5.74, 6) is 0.809. The van der Waals surface area contributed by atoms with E-state index in [-0.39, 0.29) is 11.9 Å². The molecule has 2 N–H and O–H groups in total. The molecule has 1 unspecified atom stereocenters. The molecule has 0 aliphatic carbocycles. The van der Waals surface area contributed by atoms with Gasteiger partial charge < -0.3 is 19.9 Å². The highest BCUT2D eigenvalue weighted by molar-refractivity contribution is 5.89. The summed E-state index contributed by atoms with van der Waals surface area (Å²) in [6.07, 6.45) is 6.14. The van der Waals surface area contributed by atoms with E-state index >= 15 is 0 Å². The van der Waals surface area contributed by atoms with Gasteiger partial charge in [-0.2, -0.15) is 0 Å². The van der Waals surface area contributed by atoms with E-state index in [0.29, 0.717) is 18.9 Å². The van der Waals surface area contributed by atoms with Gasteiger partial charge in [0.2, 0.25) is 0 Å². The normalized spacial score (nSPS) is 16.9. The fraction of sp³-hybridized carbons (Fsp3) is 0.471. The highest BCUT2D eigenvalue weighted by Crippen LogP contribution is 2.29. The van der Waals surface area contributed by atoms with Crippen LogP contribution in [0, 0.1) is 12.8 Å². The van der Waals surface area contributed by atoms with Crippen LogP contribution >= 0.6 is 0 Å². The first kappa shape index (κ1) is 16.4. The summed E-state index contributed by atoms with van der Waals surface area (Å²) < 4.78 is 1.84. The Morgan fingerprint density at radius 3 is 2.71 bits per heavy atom. The highest BCUT2D eigenvalue weighted by Gasteiger charge is 2.30. The zero-order chi connectivity index (χ0) is 17.1. The van der Waals surface area contributed by atoms with E-state index in [4.69, 9.17) is 0 Å². The van der Waals surface area contributed by atoms with Gasteiger partial charge in [-0.05, 0) is 37.8 Å². The Labute approximate surface area is 141 Å². The van der Waals surface area contributed by atoms with Crippen LogP contribution in [0.1, 0.15) is 30.5 Å². The van der Waals surface area contributed by atoms with E-state index in [1.54, 1.807) is 23.4 Å². The quantitative estimate of drug-likeness (QED) is 0.903. The lowest BCUT2D eigenvalue weighted by atomic mass is 9.91. The number of amides is 2. The van der Waals surface area contributed by atoms with Crippen molar-refractivity contribution < 1.29 is 9.90 Å². The van der Waals surface area contributed by atoms with Crippen LogP contribution in [0.2, 0.25) is 0 Å². The number of pyridine rings is 1. The van der Waals surface area contributed by atoms with Gasteiger partial charge in [0.15, 0.2) is 0 Å². The second-order valence-electron chi connectivity index (χ2n) is 6.28. The number of hydrogen-bond donors (Lipinski definition) is 2. The SMILES string of the molecule is Cc1cc(NC(=O)N2CCC(C(O)c3nccn3C)CC2)ccn1. The van der Waals surface area contributed by atoms with Gasteiger partial charge >= 0.3 is 6.03 Å². The molecular formula is C17H23N5O2. The Hall–Kier alpha value is -2.41. The van der Waals surface area contributed by atoms with Crippen LogP contribution in [0.25, 0.3) is 0 Å². The molecule has 7 nitrogen and oxygen atoms in total. The van der Waals surface area contributed by atoms with Crippen LogP contribution in [0.4, 0.5) is 10.5 Å². The van der Waals surface area contributed by atoms with Crippen molar-refractivity contribution in [1.29, 1.82) is 0 Å². The maximum absolute atomic E-state index is 12.4. The van der Waals surface area contributed by atoms with Gasteiger partial charge in [0.05, 0.1) is 0 Å². The van der Waals surface area contributed by atoms with Crippen LogP contribution in [-0.4, -0.2) is 43.7 Å². The van der Waals surface area contributed by atoms with E-state index in [9.17, 15) is 9.90 Å². The second kappa shape index (κ2) is 7.00. The summed E-state index contributed by atoms with van der Waals surface area (Å²) >= 11 is 0. The zero-order valence-corrected chi connectivity index (χ0v) is 14.0. The van der Waals surface area contributed by atoms with Crippen molar-refractivity contribution in [2.24, 2.45) is 13.0 Å². The number of carbonyl (C=O) groups is 1. The first-order valence-corrected chi connectivity index (χ1v) is 8.18. The van der Waals surface area contributed by atoms with Crippen LogP contribution in [0.3, 0.4) is 0 Å². The van der Waals surface area contributed by atoms with Crippen molar-refractivity contribution in [3.05, 3.63) is 42.2 Å². The van der Waals surface area contributed by atoms with Crippen molar-refractivity contribution in [2.45, 2.75) is 25.9 Å². The van der Waals surface area contributed by atoms with E-state index in [1.807, 2.05) is 30.8 Å².